The lowest BCUT2D eigenvalue weighted by atomic mass is 9.93. The van der Waals surface area contributed by atoms with Crippen LogP contribution in [0.3, 0.4) is 0 Å². The summed E-state index contributed by atoms with van der Waals surface area (Å²) in [5, 5.41) is 0. The molecule has 1 aromatic rings. The van der Waals surface area contributed by atoms with E-state index in [0.29, 0.717) is 12.4 Å². The fourth-order valence-electron chi connectivity index (χ4n) is 1.55. The molecule has 0 aromatic carbocycles. The lowest BCUT2D eigenvalue weighted by molar-refractivity contribution is 0.0329. The summed E-state index contributed by atoms with van der Waals surface area (Å²) in [5.74, 6) is 0.690. The second-order valence-corrected chi connectivity index (χ2v) is 3.38. The van der Waals surface area contributed by atoms with E-state index in [1.807, 2.05) is 0 Å². The first-order valence-electron chi connectivity index (χ1n) is 4.45. The van der Waals surface area contributed by atoms with Crippen LogP contribution in [0.2, 0.25) is 0 Å². The van der Waals surface area contributed by atoms with Crippen LogP contribution in [-0.2, 0) is 10.3 Å². The number of nitrogens with two attached hydrogens (primary N) is 1. The first-order valence-corrected chi connectivity index (χ1v) is 4.45. The predicted molar refractivity (Wildman–Crippen MR) is 48.0 cm³/mol. The van der Waals surface area contributed by atoms with Crippen LogP contribution in [0.15, 0.2) is 18.5 Å². The van der Waals surface area contributed by atoms with Crippen LogP contribution in [0.1, 0.15) is 18.7 Å². The van der Waals surface area contributed by atoms with E-state index in [2.05, 4.69) is 9.97 Å². The van der Waals surface area contributed by atoms with E-state index in [1.54, 1.807) is 18.5 Å². The molecule has 1 aliphatic heterocycles. The Morgan fingerprint density at radius 2 is 2.15 bits per heavy atom. The Hall–Kier alpha value is -1.00. The van der Waals surface area contributed by atoms with Crippen LogP contribution in [0, 0.1) is 0 Å². The van der Waals surface area contributed by atoms with Crippen molar-refractivity contribution in [1.29, 1.82) is 0 Å². The third kappa shape index (κ3) is 1.68. The van der Waals surface area contributed by atoms with Crippen LogP contribution in [0.5, 0.6) is 0 Å². The standard InChI is InChI=1S/C9H13N3O/c10-9(3-1-6-13-7-9)8-11-4-2-5-12-8/h2,4-5H,1,3,6-7,10H2. The van der Waals surface area contributed by atoms with Crippen molar-refractivity contribution < 1.29 is 4.74 Å². The molecule has 0 amide bonds. The minimum atomic E-state index is -0.473. The Morgan fingerprint density at radius 3 is 2.77 bits per heavy atom. The normalized spacial score (nSPS) is 28.7. The Balaban J connectivity index is 2.23. The van der Waals surface area contributed by atoms with Crippen molar-refractivity contribution in [3.63, 3.8) is 0 Å². The molecular weight excluding hydrogens is 166 g/mol. The smallest absolute Gasteiger partial charge is 0.150 e. The summed E-state index contributed by atoms with van der Waals surface area (Å²) in [7, 11) is 0. The molecule has 0 bridgehead atoms. The van der Waals surface area contributed by atoms with Gasteiger partial charge in [-0.15, -0.1) is 0 Å². The van der Waals surface area contributed by atoms with Crippen LogP contribution in [0.25, 0.3) is 0 Å². The van der Waals surface area contributed by atoms with Crippen molar-refractivity contribution in [2.75, 3.05) is 13.2 Å². The van der Waals surface area contributed by atoms with E-state index < -0.39 is 5.54 Å². The van der Waals surface area contributed by atoms with Gasteiger partial charge in [-0.3, -0.25) is 0 Å². The van der Waals surface area contributed by atoms with Crippen molar-refractivity contribution in [3.05, 3.63) is 24.3 Å². The van der Waals surface area contributed by atoms with Gasteiger partial charge in [-0.2, -0.15) is 0 Å². The van der Waals surface area contributed by atoms with Crippen LogP contribution >= 0.6 is 0 Å². The molecular formula is C9H13N3O. The molecule has 1 unspecified atom stereocenters. The van der Waals surface area contributed by atoms with Crippen molar-refractivity contribution >= 4 is 0 Å². The molecule has 2 rings (SSSR count). The highest BCUT2D eigenvalue weighted by atomic mass is 16.5. The molecule has 70 valence electrons. The van der Waals surface area contributed by atoms with E-state index in [9.17, 15) is 0 Å². The maximum atomic E-state index is 6.13. The van der Waals surface area contributed by atoms with E-state index in [1.165, 1.54) is 0 Å². The van der Waals surface area contributed by atoms with Crippen molar-refractivity contribution in [2.45, 2.75) is 18.4 Å². The molecule has 0 spiro atoms. The van der Waals surface area contributed by atoms with Gasteiger partial charge in [-0.05, 0) is 18.9 Å². The minimum Gasteiger partial charge on any atom is -0.379 e. The van der Waals surface area contributed by atoms with E-state index in [0.717, 1.165) is 19.4 Å². The Morgan fingerprint density at radius 1 is 1.38 bits per heavy atom. The SMILES string of the molecule is NC1(c2ncccn2)CCCOC1. The number of nitrogens with zero attached hydrogens (tertiary/aromatic N) is 2. The number of ether oxygens (including phenoxy) is 1. The zero-order valence-corrected chi connectivity index (χ0v) is 7.44. The van der Waals surface area contributed by atoms with Crippen LogP contribution in [0.4, 0.5) is 0 Å². The average molecular weight is 179 g/mol. The zero-order valence-electron chi connectivity index (χ0n) is 7.44. The van der Waals surface area contributed by atoms with Gasteiger partial charge in [-0.1, -0.05) is 0 Å². The third-order valence-electron chi connectivity index (χ3n) is 2.28. The van der Waals surface area contributed by atoms with Gasteiger partial charge in [0.15, 0.2) is 0 Å². The summed E-state index contributed by atoms with van der Waals surface area (Å²) in [6.07, 6.45) is 5.31. The third-order valence-corrected chi connectivity index (χ3v) is 2.28. The second-order valence-electron chi connectivity index (χ2n) is 3.38. The topological polar surface area (TPSA) is 61.0 Å². The molecule has 13 heavy (non-hydrogen) atoms. The largest absolute Gasteiger partial charge is 0.379 e. The summed E-state index contributed by atoms with van der Waals surface area (Å²) < 4.78 is 5.33. The Labute approximate surface area is 77.1 Å². The van der Waals surface area contributed by atoms with Crippen LogP contribution < -0.4 is 5.73 Å². The number of aromatic nitrogens is 2. The van der Waals surface area contributed by atoms with Crippen LogP contribution in [-0.4, -0.2) is 23.2 Å². The van der Waals surface area contributed by atoms with Gasteiger partial charge in [0, 0.05) is 19.0 Å². The molecule has 1 aromatic heterocycles. The van der Waals surface area contributed by atoms with Crippen molar-refractivity contribution in [3.8, 4) is 0 Å². The van der Waals surface area contributed by atoms with Crippen molar-refractivity contribution in [1.82, 2.24) is 9.97 Å². The first kappa shape index (κ1) is 8.59. The Kier molecular flexibility index (Phi) is 2.24. The highest BCUT2D eigenvalue weighted by Gasteiger charge is 2.32. The summed E-state index contributed by atoms with van der Waals surface area (Å²) in [6.45, 7) is 1.32. The highest BCUT2D eigenvalue weighted by molar-refractivity contribution is 5.06. The number of rotatable bonds is 1. The summed E-state index contributed by atoms with van der Waals surface area (Å²) in [5.41, 5.74) is 5.66. The van der Waals surface area contributed by atoms with Crippen molar-refractivity contribution in [2.24, 2.45) is 5.73 Å². The molecule has 1 atom stereocenters. The molecule has 4 nitrogen and oxygen atoms in total. The second kappa shape index (κ2) is 3.40. The molecule has 0 saturated carbocycles. The quantitative estimate of drug-likeness (QED) is 0.679. The average Bonchev–Trinajstić information content (AvgIpc) is 2.20. The van der Waals surface area contributed by atoms with E-state index in [4.69, 9.17) is 10.5 Å². The predicted octanol–water partition coefficient (Wildman–Crippen LogP) is 0.441. The molecule has 1 saturated heterocycles. The maximum Gasteiger partial charge on any atom is 0.150 e. The summed E-state index contributed by atoms with van der Waals surface area (Å²) in [4.78, 5) is 8.32. The van der Waals surface area contributed by atoms with Gasteiger partial charge in [0.25, 0.3) is 0 Å². The zero-order chi connectivity index (χ0) is 9.15. The minimum absolute atomic E-state index is 0.473. The van der Waals surface area contributed by atoms with Gasteiger partial charge in [-0.25, -0.2) is 9.97 Å². The van der Waals surface area contributed by atoms with Gasteiger partial charge in [0.05, 0.1) is 12.1 Å². The van der Waals surface area contributed by atoms with Gasteiger partial charge in [0.1, 0.15) is 5.82 Å². The lowest BCUT2D eigenvalue weighted by Crippen LogP contribution is -2.45. The molecule has 0 radical (unpaired) electrons. The Bertz CT molecular complexity index is 269. The molecule has 4 heteroatoms. The molecule has 0 aliphatic carbocycles. The van der Waals surface area contributed by atoms with E-state index >= 15 is 0 Å². The highest BCUT2D eigenvalue weighted by Crippen LogP contribution is 2.24. The fourth-order valence-corrected chi connectivity index (χ4v) is 1.55. The fraction of sp³-hybridized carbons (Fsp3) is 0.556. The first-order chi connectivity index (χ1) is 6.31. The van der Waals surface area contributed by atoms with Gasteiger partial charge < -0.3 is 10.5 Å². The monoisotopic (exact) mass is 179 g/mol. The maximum absolute atomic E-state index is 6.13. The lowest BCUT2D eigenvalue weighted by Gasteiger charge is -2.31. The van der Waals surface area contributed by atoms with Gasteiger partial charge >= 0.3 is 0 Å². The summed E-state index contributed by atoms with van der Waals surface area (Å²) >= 11 is 0. The summed E-state index contributed by atoms with van der Waals surface area (Å²) in [6, 6.07) is 1.79. The molecule has 1 fully saturated rings. The number of hydrogen-bond acceptors (Lipinski definition) is 4. The van der Waals surface area contributed by atoms with Gasteiger partial charge in [0.2, 0.25) is 0 Å². The van der Waals surface area contributed by atoms with E-state index in [-0.39, 0.29) is 0 Å². The molecule has 2 heterocycles. The number of hydrogen-bond donors (Lipinski definition) is 1. The molecule has 2 N–H and O–H groups in total. The molecule has 1 aliphatic rings.